The highest BCUT2D eigenvalue weighted by atomic mass is 32.2. The van der Waals surface area contributed by atoms with Crippen molar-refractivity contribution in [2.75, 3.05) is 26.2 Å². The summed E-state index contributed by atoms with van der Waals surface area (Å²) in [7, 11) is -3.59. The quantitative estimate of drug-likeness (QED) is 0.792. The summed E-state index contributed by atoms with van der Waals surface area (Å²) in [5.74, 6) is 0.170. The summed E-state index contributed by atoms with van der Waals surface area (Å²) in [6.45, 7) is 4.14. The first-order valence-electron chi connectivity index (χ1n) is 9.19. The zero-order chi connectivity index (χ0) is 18.7. The molecule has 0 aromatic heterocycles. The van der Waals surface area contributed by atoms with E-state index in [2.05, 4.69) is 12.2 Å². The lowest BCUT2D eigenvalue weighted by Crippen LogP contribution is -2.55. The van der Waals surface area contributed by atoms with Crippen molar-refractivity contribution < 1.29 is 12.8 Å². The van der Waals surface area contributed by atoms with Gasteiger partial charge in [-0.25, -0.2) is 12.8 Å². The average molecular weight is 400 g/mol. The lowest BCUT2D eigenvalue weighted by molar-refractivity contribution is 0.251. The lowest BCUT2D eigenvalue weighted by atomic mass is 9.86. The summed E-state index contributed by atoms with van der Waals surface area (Å²) in [6.07, 6.45) is 4.88. The second-order valence-corrected chi connectivity index (χ2v) is 9.49. The van der Waals surface area contributed by atoms with E-state index >= 15 is 0 Å². The molecule has 0 bridgehead atoms. The van der Waals surface area contributed by atoms with Gasteiger partial charge in [-0.1, -0.05) is 19.8 Å². The van der Waals surface area contributed by atoms with Crippen LogP contribution in [0.4, 0.5) is 4.39 Å². The molecule has 2 atom stereocenters. The van der Waals surface area contributed by atoms with E-state index in [1.54, 1.807) is 0 Å². The summed E-state index contributed by atoms with van der Waals surface area (Å²) >= 11 is 5.55. The fraction of sp³-hybridized carbons (Fsp3) is 0.611. The first kappa shape index (κ1) is 19.5. The molecule has 2 aliphatic rings. The van der Waals surface area contributed by atoms with Gasteiger partial charge in [0.2, 0.25) is 10.0 Å². The molecule has 0 spiro atoms. The second kappa shape index (κ2) is 8.19. The Morgan fingerprint density at radius 1 is 1.12 bits per heavy atom. The van der Waals surface area contributed by atoms with E-state index in [-0.39, 0.29) is 4.90 Å². The number of sulfonamides is 1. The first-order chi connectivity index (χ1) is 12.4. The molecular weight excluding hydrogens is 373 g/mol. The van der Waals surface area contributed by atoms with E-state index in [1.807, 2.05) is 4.90 Å². The van der Waals surface area contributed by atoms with Crippen molar-refractivity contribution in [2.45, 2.75) is 43.5 Å². The van der Waals surface area contributed by atoms with Gasteiger partial charge in [-0.15, -0.1) is 0 Å². The summed E-state index contributed by atoms with van der Waals surface area (Å²) in [5.41, 5.74) is 0. The minimum Gasteiger partial charge on any atom is -0.360 e. The predicted molar refractivity (Wildman–Crippen MR) is 104 cm³/mol. The molecule has 1 heterocycles. The minimum absolute atomic E-state index is 0.129. The summed E-state index contributed by atoms with van der Waals surface area (Å²) in [5, 5.41) is 4.20. The van der Waals surface area contributed by atoms with E-state index in [0.717, 1.165) is 11.5 Å². The van der Waals surface area contributed by atoms with Gasteiger partial charge in [0.15, 0.2) is 5.11 Å². The van der Waals surface area contributed by atoms with Crippen molar-refractivity contribution in [3.63, 3.8) is 0 Å². The summed E-state index contributed by atoms with van der Waals surface area (Å²) in [4.78, 5) is 2.18. The van der Waals surface area contributed by atoms with Gasteiger partial charge >= 0.3 is 0 Å². The van der Waals surface area contributed by atoms with Crippen molar-refractivity contribution in [2.24, 2.45) is 5.92 Å². The molecule has 144 valence electrons. The number of nitrogens with zero attached hydrogens (tertiary/aromatic N) is 2. The third-order valence-electron chi connectivity index (χ3n) is 5.40. The van der Waals surface area contributed by atoms with Crippen LogP contribution in [0.3, 0.4) is 0 Å². The normalized spacial score (nSPS) is 25.1. The maximum absolute atomic E-state index is 13.0. The third kappa shape index (κ3) is 4.35. The molecule has 1 aromatic carbocycles. The Bertz CT molecular complexity index is 731. The van der Waals surface area contributed by atoms with Gasteiger partial charge in [-0.05, 0) is 55.2 Å². The molecule has 26 heavy (non-hydrogen) atoms. The molecule has 1 saturated heterocycles. The van der Waals surface area contributed by atoms with Crippen molar-refractivity contribution >= 4 is 27.4 Å². The Hall–Kier alpha value is -1.25. The summed E-state index contributed by atoms with van der Waals surface area (Å²) in [6, 6.07) is 5.39. The molecule has 1 N–H and O–H groups in total. The van der Waals surface area contributed by atoms with E-state index in [1.165, 1.54) is 47.8 Å². The Balaban J connectivity index is 1.56. The molecule has 1 saturated carbocycles. The Morgan fingerprint density at radius 3 is 2.35 bits per heavy atom. The van der Waals surface area contributed by atoms with E-state index < -0.39 is 15.8 Å². The zero-order valence-electron chi connectivity index (χ0n) is 15.0. The van der Waals surface area contributed by atoms with E-state index in [0.29, 0.717) is 38.1 Å². The van der Waals surface area contributed by atoms with Crippen LogP contribution in [0.1, 0.15) is 32.6 Å². The number of halogens is 1. The van der Waals surface area contributed by atoms with Crippen LogP contribution in [-0.4, -0.2) is 55.0 Å². The van der Waals surface area contributed by atoms with E-state index in [4.69, 9.17) is 12.2 Å². The van der Waals surface area contributed by atoms with Crippen molar-refractivity contribution in [1.82, 2.24) is 14.5 Å². The molecule has 5 nitrogen and oxygen atoms in total. The molecule has 0 unspecified atom stereocenters. The third-order valence-corrected chi connectivity index (χ3v) is 7.69. The summed E-state index contributed by atoms with van der Waals surface area (Å²) < 4.78 is 39.8. The van der Waals surface area contributed by atoms with Gasteiger partial charge in [0.05, 0.1) is 4.90 Å². The largest absolute Gasteiger partial charge is 0.360 e. The molecular formula is C18H26FN3O2S2. The van der Waals surface area contributed by atoms with Crippen molar-refractivity contribution in [1.29, 1.82) is 0 Å². The smallest absolute Gasteiger partial charge is 0.243 e. The van der Waals surface area contributed by atoms with Gasteiger partial charge in [0, 0.05) is 32.2 Å². The Labute approximate surface area is 160 Å². The molecule has 3 rings (SSSR count). The van der Waals surface area contributed by atoms with E-state index in [9.17, 15) is 12.8 Å². The molecule has 2 fully saturated rings. The molecule has 1 aliphatic heterocycles. The van der Waals surface area contributed by atoms with Crippen molar-refractivity contribution in [3.8, 4) is 0 Å². The maximum Gasteiger partial charge on any atom is 0.243 e. The van der Waals surface area contributed by atoms with Gasteiger partial charge in [0.1, 0.15) is 5.82 Å². The maximum atomic E-state index is 13.0. The number of hydrogen-bond donors (Lipinski definition) is 1. The predicted octanol–water partition coefficient (Wildman–Crippen LogP) is 2.59. The van der Waals surface area contributed by atoms with Gasteiger partial charge in [-0.2, -0.15) is 4.31 Å². The monoisotopic (exact) mass is 399 g/mol. The van der Waals surface area contributed by atoms with Crippen LogP contribution in [0.5, 0.6) is 0 Å². The van der Waals surface area contributed by atoms with Crippen LogP contribution in [0.15, 0.2) is 29.2 Å². The van der Waals surface area contributed by atoms with Crippen LogP contribution in [0, 0.1) is 11.7 Å². The molecule has 0 amide bonds. The highest BCUT2D eigenvalue weighted by Crippen LogP contribution is 2.24. The average Bonchev–Trinajstić information content (AvgIpc) is 2.64. The molecule has 1 aliphatic carbocycles. The lowest BCUT2D eigenvalue weighted by Gasteiger charge is -2.38. The van der Waals surface area contributed by atoms with Crippen LogP contribution in [0.25, 0.3) is 0 Å². The van der Waals surface area contributed by atoms with Crippen LogP contribution in [0.2, 0.25) is 0 Å². The SMILES string of the molecule is C[C@@H]1CCCC[C@H]1NC(=S)N1CCN(S(=O)(=O)c2ccc(F)cc2)CC1. The molecule has 1 aromatic rings. The second-order valence-electron chi connectivity index (χ2n) is 7.16. The Kier molecular flexibility index (Phi) is 6.14. The fourth-order valence-electron chi connectivity index (χ4n) is 3.67. The number of nitrogens with one attached hydrogen (secondary N) is 1. The topological polar surface area (TPSA) is 52.6 Å². The fourth-order valence-corrected chi connectivity index (χ4v) is 5.42. The molecule has 0 radical (unpaired) electrons. The van der Waals surface area contributed by atoms with Crippen LogP contribution >= 0.6 is 12.2 Å². The van der Waals surface area contributed by atoms with Gasteiger partial charge < -0.3 is 10.2 Å². The minimum atomic E-state index is -3.59. The van der Waals surface area contributed by atoms with Gasteiger partial charge in [0.25, 0.3) is 0 Å². The van der Waals surface area contributed by atoms with Crippen LogP contribution in [-0.2, 0) is 10.0 Å². The van der Waals surface area contributed by atoms with Gasteiger partial charge in [-0.3, -0.25) is 0 Å². The highest BCUT2D eigenvalue weighted by molar-refractivity contribution is 7.89. The molecule has 8 heteroatoms. The number of rotatable bonds is 3. The highest BCUT2D eigenvalue weighted by Gasteiger charge is 2.30. The number of benzene rings is 1. The number of thiocarbonyl (C=S) groups is 1. The van der Waals surface area contributed by atoms with Crippen molar-refractivity contribution in [3.05, 3.63) is 30.1 Å². The van der Waals surface area contributed by atoms with Crippen LogP contribution < -0.4 is 5.32 Å². The number of piperazine rings is 1. The Morgan fingerprint density at radius 2 is 1.73 bits per heavy atom. The zero-order valence-corrected chi connectivity index (χ0v) is 16.7. The standard InChI is InChI=1S/C18H26FN3O2S2/c1-14-4-2-3-5-17(14)20-18(25)21-10-12-22(13-11-21)26(23,24)16-8-6-15(19)7-9-16/h6-9,14,17H,2-5,10-13H2,1H3,(H,20,25)/t14-,17-/m1/s1. The first-order valence-corrected chi connectivity index (χ1v) is 11.0. The number of hydrogen-bond acceptors (Lipinski definition) is 3.